The number of ether oxygens (including phenoxy) is 5. The molecular formula is C20H19NO6. The fourth-order valence-electron chi connectivity index (χ4n) is 2.86. The van der Waals surface area contributed by atoms with Gasteiger partial charge in [0.25, 0.3) is 0 Å². The second kappa shape index (κ2) is 7.49. The number of fused-ring (bicyclic) bond motifs is 2. The van der Waals surface area contributed by atoms with Gasteiger partial charge in [0, 0.05) is 12.6 Å². The van der Waals surface area contributed by atoms with Crippen molar-refractivity contribution in [2.24, 2.45) is 0 Å². The lowest BCUT2D eigenvalue weighted by Crippen LogP contribution is -2.20. The Balaban J connectivity index is 1.40. The molecule has 4 rings (SSSR count). The molecule has 27 heavy (non-hydrogen) atoms. The molecule has 0 radical (unpaired) electrons. The number of carbonyl (C=O) groups is 1. The summed E-state index contributed by atoms with van der Waals surface area (Å²) in [7, 11) is 1.57. The van der Waals surface area contributed by atoms with Crippen LogP contribution in [0, 0.1) is 0 Å². The van der Waals surface area contributed by atoms with Crippen molar-refractivity contribution in [1.82, 2.24) is 5.32 Å². The summed E-state index contributed by atoms with van der Waals surface area (Å²) in [6, 6.07) is 9.20. The molecule has 2 aliphatic heterocycles. The van der Waals surface area contributed by atoms with Gasteiger partial charge >= 0.3 is 0 Å². The third-order valence-electron chi connectivity index (χ3n) is 4.18. The van der Waals surface area contributed by atoms with Crippen molar-refractivity contribution in [2.45, 2.75) is 6.54 Å². The summed E-state index contributed by atoms with van der Waals surface area (Å²) in [5, 5.41) is 2.84. The molecule has 0 bridgehead atoms. The van der Waals surface area contributed by atoms with Crippen LogP contribution in [-0.4, -0.2) is 33.0 Å². The lowest BCUT2D eigenvalue weighted by atomic mass is 10.1. The highest BCUT2D eigenvalue weighted by Crippen LogP contribution is 2.40. The van der Waals surface area contributed by atoms with Gasteiger partial charge in [-0.2, -0.15) is 0 Å². The van der Waals surface area contributed by atoms with E-state index >= 15 is 0 Å². The maximum absolute atomic E-state index is 12.1. The fourth-order valence-corrected chi connectivity index (χ4v) is 2.86. The first-order valence-corrected chi connectivity index (χ1v) is 8.55. The topological polar surface area (TPSA) is 75.3 Å². The minimum atomic E-state index is -0.207. The molecule has 2 aromatic rings. The number of rotatable bonds is 5. The molecule has 0 aromatic heterocycles. The maximum atomic E-state index is 12.1. The first kappa shape index (κ1) is 17.1. The fraction of sp³-hybridized carbons (Fsp3) is 0.250. The Bertz CT molecular complexity index is 875. The van der Waals surface area contributed by atoms with Crippen molar-refractivity contribution in [3.63, 3.8) is 0 Å². The number of hydrogen-bond donors (Lipinski definition) is 1. The van der Waals surface area contributed by atoms with Gasteiger partial charge in [-0.25, -0.2) is 0 Å². The molecule has 2 heterocycles. The summed E-state index contributed by atoms with van der Waals surface area (Å²) in [6.07, 6.45) is 3.17. The molecule has 0 spiro atoms. The van der Waals surface area contributed by atoms with Crippen molar-refractivity contribution < 1.29 is 28.5 Å². The van der Waals surface area contributed by atoms with Crippen LogP contribution in [0.4, 0.5) is 0 Å². The van der Waals surface area contributed by atoms with Gasteiger partial charge in [0.15, 0.2) is 23.0 Å². The van der Waals surface area contributed by atoms with Crippen molar-refractivity contribution in [2.75, 3.05) is 27.1 Å². The summed E-state index contributed by atoms with van der Waals surface area (Å²) < 4.78 is 27.1. The van der Waals surface area contributed by atoms with E-state index in [0.29, 0.717) is 42.8 Å². The first-order valence-electron chi connectivity index (χ1n) is 8.55. The van der Waals surface area contributed by atoms with Gasteiger partial charge in [-0.15, -0.1) is 0 Å². The summed E-state index contributed by atoms with van der Waals surface area (Å²) in [5.74, 6) is 2.99. The second-order valence-electron chi connectivity index (χ2n) is 5.99. The molecule has 0 unspecified atom stereocenters. The SMILES string of the molecule is COc1cc(/C=C/C(=O)NCc2ccc3c(c2)OCO3)cc2c1OCCO2. The lowest BCUT2D eigenvalue weighted by Gasteiger charge is -2.20. The summed E-state index contributed by atoms with van der Waals surface area (Å²) in [6.45, 7) is 1.59. The minimum absolute atomic E-state index is 0.207. The normalized spacial score (nSPS) is 14.3. The van der Waals surface area contributed by atoms with Crippen LogP contribution < -0.4 is 29.0 Å². The number of hydrogen-bond acceptors (Lipinski definition) is 6. The molecule has 7 heteroatoms. The molecule has 0 saturated carbocycles. The van der Waals surface area contributed by atoms with Crippen LogP contribution in [-0.2, 0) is 11.3 Å². The molecule has 7 nitrogen and oxygen atoms in total. The van der Waals surface area contributed by atoms with E-state index in [2.05, 4.69) is 5.32 Å². The zero-order valence-corrected chi connectivity index (χ0v) is 14.8. The zero-order valence-electron chi connectivity index (χ0n) is 14.8. The van der Waals surface area contributed by atoms with Gasteiger partial charge in [-0.05, 0) is 41.5 Å². The predicted molar refractivity (Wildman–Crippen MR) is 97.4 cm³/mol. The molecule has 1 amide bonds. The van der Waals surface area contributed by atoms with Crippen molar-refractivity contribution in [3.05, 3.63) is 47.5 Å². The van der Waals surface area contributed by atoms with Crippen LogP contribution in [0.3, 0.4) is 0 Å². The van der Waals surface area contributed by atoms with E-state index in [4.69, 9.17) is 23.7 Å². The standard InChI is InChI=1S/C20H19NO6/c1-23-17-8-13(9-18-20(17)25-7-6-24-18)3-5-19(22)21-11-14-2-4-15-16(10-14)27-12-26-15/h2-5,8-10H,6-7,11-12H2,1H3,(H,21,22)/b5-3+. The van der Waals surface area contributed by atoms with Gasteiger partial charge < -0.3 is 29.0 Å². The van der Waals surface area contributed by atoms with Crippen LogP contribution in [0.2, 0.25) is 0 Å². The van der Waals surface area contributed by atoms with Crippen molar-refractivity contribution in [1.29, 1.82) is 0 Å². The highest BCUT2D eigenvalue weighted by molar-refractivity contribution is 5.91. The van der Waals surface area contributed by atoms with E-state index in [9.17, 15) is 4.79 Å². The minimum Gasteiger partial charge on any atom is -0.493 e. The molecule has 2 aromatic carbocycles. The van der Waals surface area contributed by atoms with E-state index in [1.807, 2.05) is 24.3 Å². The molecule has 0 saturated heterocycles. The van der Waals surface area contributed by atoms with E-state index in [1.165, 1.54) is 6.08 Å². The van der Waals surface area contributed by atoms with E-state index in [-0.39, 0.29) is 12.7 Å². The van der Waals surface area contributed by atoms with E-state index < -0.39 is 0 Å². The Labute approximate surface area is 156 Å². The van der Waals surface area contributed by atoms with E-state index in [0.717, 1.165) is 16.9 Å². The van der Waals surface area contributed by atoms with Crippen LogP contribution in [0.15, 0.2) is 36.4 Å². The van der Waals surface area contributed by atoms with Crippen molar-refractivity contribution >= 4 is 12.0 Å². The van der Waals surface area contributed by atoms with Crippen LogP contribution in [0.25, 0.3) is 6.08 Å². The van der Waals surface area contributed by atoms with Gasteiger partial charge in [0.05, 0.1) is 7.11 Å². The summed E-state index contributed by atoms with van der Waals surface area (Å²) >= 11 is 0. The van der Waals surface area contributed by atoms with Crippen LogP contribution >= 0.6 is 0 Å². The van der Waals surface area contributed by atoms with Gasteiger partial charge in [0.2, 0.25) is 18.4 Å². The summed E-state index contributed by atoms with van der Waals surface area (Å²) in [4.78, 5) is 12.1. The highest BCUT2D eigenvalue weighted by Gasteiger charge is 2.18. The third kappa shape index (κ3) is 3.76. The quantitative estimate of drug-likeness (QED) is 0.817. The molecule has 0 aliphatic carbocycles. The Kier molecular flexibility index (Phi) is 4.74. The summed E-state index contributed by atoms with van der Waals surface area (Å²) in [5.41, 5.74) is 1.72. The van der Waals surface area contributed by atoms with Crippen LogP contribution in [0.1, 0.15) is 11.1 Å². The Morgan fingerprint density at radius 3 is 2.81 bits per heavy atom. The third-order valence-corrected chi connectivity index (χ3v) is 4.18. The molecule has 1 N–H and O–H groups in total. The van der Waals surface area contributed by atoms with Gasteiger partial charge in [-0.3, -0.25) is 4.79 Å². The molecule has 2 aliphatic rings. The number of carbonyl (C=O) groups excluding carboxylic acids is 1. The predicted octanol–water partition coefficient (Wildman–Crippen LogP) is 2.52. The number of benzene rings is 2. The molecule has 0 atom stereocenters. The largest absolute Gasteiger partial charge is 0.493 e. The lowest BCUT2D eigenvalue weighted by molar-refractivity contribution is -0.116. The molecular weight excluding hydrogens is 350 g/mol. The molecule has 0 fully saturated rings. The maximum Gasteiger partial charge on any atom is 0.244 e. The Morgan fingerprint density at radius 2 is 1.93 bits per heavy atom. The average molecular weight is 369 g/mol. The second-order valence-corrected chi connectivity index (χ2v) is 5.99. The molecule has 140 valence electrons. The first-order chi connectivity index (χ1) is 13.2. The number of nitrogens with one attached hydrogen (secondary N) is 1. The number of amides is 1. The van der Waals surface area contributed by atoms with Gasteiger partial charge in [-0.1, -0.05) is 6.07 Å². The Hall–Kier alpha value is -3.35. The van der Waals surface area contributed by atoms with E-state index in [1.54, 1.807) is 19.3 Å². The Morgan fingerprint density at radius 1 is 1.07 bits per heavy atom. The monoisotopic (exact) mass is 369 g/mol. The van der Waals surface area contributed by atoms with Gasteiger partial charge in [0.1, 0.15) is 13.2 Å². The average Bonchev–Trinajstić information content (AvgIpc) is 3.18. The highest BCUT2D eigenvalue weighted by atomic mass is 16.7. The number of methoxy groups -OCH3 is 1. The van der Waals surface area contributed by atoms with Crippen molar-refractivity contribution in [3.8, 4) is 28.7 Å². The zero-order chi connectivity index (χ0) is 18.6. The smallest absolute Gasteiger partial charge is 0.244 e. The van der Waals surface area contributed by atoms with Crippen LogP contribution in [0.5, 0.6) is 28.7 Å².